The van der Waals surface area contributed by atoms with Gasteiger partial charge in [-0.05, 0) is 74.6 Å². The van der Waals surface area contributed by atoms with E-state index in [1.165, 1.54) is 11.1 Å². The van der Waals surface area contributed by atoms with Gasteiger partial charge < -0.3 is 24.1 Å². The lowest BCUT2D eigenvalue weighted by Crippen LogP contribution is -2.26. The number of carbonyl (C=O) groups is 1. The highest BCUT2D eigenvalue weighted by Crippen LogP contribution is 2.27. The van der Waals surface area contributed by atoms with Gasteiger partial charge in [-0.25, -0.2) is 4.98 Å². The van der Waals surface area contributed by atoms with Gasteiger partial charge in [0.15, 0.2) is 11.5 Å². The average Bonchev–Trinajstić information content (AvgIpc) is 3.32. The topological polar surface area (TPSA) is 74.6 Å². The second-order valence-corrected chi connectivity index (χ2v) is 10.1. The molecule has 0 unspecified atom stereocenters. The Balaban J connectivity index is 1.18. The summed E-state index contributed by atoms with van der Waals surface area (Å²) in [5.41, 5.74) is 4.38. The SMILES string of the molecule is COc1ccc(CC(=O)NCCCCCc2nc3ccccc3n2CCCCOc2ccc(C)cc2)cc1OC. The van der Waals surface area contributed by atoms with Crippen molar-refractivity contribution in [3.05, 3.63) is 83.7 Å². The summed E-state index contributed by atoms with van der Waals surface area (Å²) in [6, 6.07) is 22.1. The number of carbonyl (C=O) groups excluding carboxylic acids is 1. The molecule has 0 saturated heterocycles. The third-order valence-electron chi connectivity index (χ3n) is 7.01. The summed E-state index contributed by atoms with van der Waals surface area (Å²) in [5.74, 6) is 3.37. The summed E-state index contributed by atoms with van der Waals surface area (Å²) in [4.78, 5) is 17.3. The molecule has 1 amide bonds. The van der Waals surface area contributed by atoms with Crippen molar-refractivity contribution in [2.24, 2.45) is 0 Å². The first-order valence-electron chi connectivity index (χ1n) is 14.2. The first-order chi connectivity index (χ1) is 19.6. The Morgan fingerprint density at radius 2 is 1.68 bits per heavy atom. The van der Waals surface area contributed by atoms with E-state index in [1.807, 2.05) is 36.4 Å². The summed E-state index contributed by atoms with van der Waals surface area (Å²) in [5, 5.41) is 3.04. The summed E-state index contributed by atoms with van der Waals surface area (Å²) in [6.07, 6.45) is 6.27. The van der Waals surface area contributed by atoms with Crippen LogP contribution in [-0.4, -0.2) is 42.8 Å². The zero-order valence-electron chi connectivity index (χ0n) is 23.9. The predicted octanol–water partition coefficient (Wildman–Crippen LogP) is 6.29. The Morgan fingerprint density at radius 1 is 0.875 bits per heavy atom. The molecule has 0 saturated carbocycles. The fourth-order valence-electron chi connectivity index (χ4n) is 4.81. The van der Waals surface area contributed by atoms with E-state index in [0.717, 1.165) is 67.7 Å². The molecule has 4 aromatic rings. The maximum Gasteiger partial charge on any atom is 0.224 e. The molecule has 0 spiro atoms. The van der Waals surface area contributed by atoms with E-state index in [-0.39, 0.29) is 5.91 Å². The molecule has 0 aliphatic heterocycles. The number of aryl methyl sites for hydroxylation is 3. The third-order valence-corrected chi connectivity index (χ3v) is 7.01. The maximum atomic E-state index is 12.4. The molecule has 0 fully saturated rings. The molecule has 0 aliphatic carbocycles. The molecule has 1 heterocycles. The van der Waals surface area contributed by atoms with Crippen molar-refractivity contribution in [3.63, 3.8) is 0 Å². The number of imidazole rings is 1. The number of nitrogens with one attached hydrogen (secondary N) is 1. The summed E-state index contributed by atoms with van der Waals surface area (Å²) in [7, 11) is 3.20. The minimum atomic E-state index is 0.0142. The lowest BCUT2D eigenvalue weighted by Gasteiger charge is -2.11. The van der Waals surface area contributed by atoms with Crippen LogP contribution in [-0.2, 0) is 24.2 Å². The zero-order valence-corrected chi connectivity index (χ0v) is 23.9. The Bertz CT molecular complexity index is 1360. The molecule has 1 N–H and O–H groups in total. The van der Waals surface area contributed by atoms with E-state index in [9.17, 15) is 4.79 Å². The molecule has 212 valence electrons. The van der Waals surface area contributed by atoms with E-state index in [0.29, 0.717) is 31.1 Å². The first-order valence-corrected chi connectivity index (χ1v) is 14.2. The van der Waals surface area contributed by atoms with E-state index in [1.54, 1.807) is 14.2 Å². The van der Waals surface area contributed by atoms with Crippen LogP contribution in [0, 0.1) is 6.92 Å². The Kier molecular flexibility index (Phi) is 10.8. The number of benzene rings is 3. The molecule has 0 bridgehead atoms. The van der Waals surface area contributed by atoms with Crippen molar-refractivity contribution in [2.45, 2.75) is 58.4 Å². The normalized spacial score (nSPS) is 11.0. The van der Waals surface area contributed by atoms with Gasteiger partial charge >= 0.3 is 0 Å². The number of nitrogens with zero attached hydrogens (tertiary/aromatic N) is 2. The molecule has 0 atom stereocenters. The van der Waals surface area contributed by atoms with E-state index >= 15 is 0 Å². The van der Waals surface area contributed by atoms with Gasteiger partial charge in [-0.15, -0.1) is 0 Å². The molecule has 40 heavy (non-hydrogen) atoms. The van der Waals surface area contributed by atoms with Crippen LogP contribution in [0.25, 0.3) is 11.0 Å². The molecular formula is C33H41N3O4. The Labute approximate surface area is 237 Å². The van der Waals surface area contributed by atoms with E-state index < -0.39 is 0 Å². The molecule has 0 radical (unpaired) electrons. The number of ether oxygens (including phenoxy) is 3. The van der Waals surface area contributed by atoms with Gasteiger partial charge in [-0.2, -0.15) is 0 Å². The van der Waals surface area contributed by atoms with Gasteiger partial charge in [0.1, 0.15) is 11.6 Å². The van der Waals surface area contributed by atoms with Gasteiger partial charge in [0, 0.05) is 19.5 Å². The number of fused-ring (bicyclic) bond motifs is 1. The highest BCUT2D eigenvalue weighted by molar-refractivity contribution is 5.78. The van der Waals surface area contributed by atoms with Crippen LogP contribution in [0.4, 0.5) is 0 Å². The van der Waals surface area contributed by atoms with Gasteiger partial charge in [0.25, 0.3) is 0 Å². The smallest absolute Gasteiger partial charge is 0.224 e. The van der Waals surface area contributed by atoms with Gasteiger partial charge in [0.05, 0.1) is 38.3 Å². The van der Waals surface area contributed by atoms with Crippen molar-refractivity contribution in [1.29, 1.82) is 0 Å². The highest BCUT2D eigenvalue weighted by atomic mass is 16.5. The van der Waals surface area contributed by atoms with Gasteiger partial charge in [-0.3, -0.25) is 4.79 Å². The molecule has 7 nitrogen and oxygen atoms in total. The number of hydrogen-bond donors (Lipinski definition) is 1. The largest absolute Gasteiger partial charge is 0.494 e. The molecule has 4 rings (SSSR count). The van der Waals surface area contributed by atoms with Crippen molar-refractivity contribution in [2.75, 3.05) is 27.4 Å². The number of unbranched alkanes of at least 4 members (excludes halogenated alkanes) is 3. The minimum absolute atomic E-state index is 0.0142. The fourth-order valence-corrected chi connectivity index (χ4v) is 4.81. The average molecular weight is 544 g/mol. The molecule has 3 aromatic carbocycles. The van der Waals surface area contributed by atoms with Crippen LogP contribution in [0.3, 0.4) is 0 Å². The van der Waals surface area contributed by atoms with Crippen LogP contribution in [0.15, 0.2) is 66.7 Å². The summed E-state index contributed by atoms with van der Waals surface area (Å²) in [6.45, 7) is 4.39. The molecule has 1 aromatic heterocycles. The fraction of sp³-hybridized carbons (Fsp3) is 0.394. The minimum Gasteiger partial charge on any atom is -0.494 e. The molecular weight excluding hydrogens is 502 g/mol. The van der Waals surface area contributed by atoms with Crippen molar-refractivity contribution >= 4 is 16.9 Å². The molecule has 0 aliphatic rings. The van der Waals surface area contributed by atoms with Crippen molar-refractivity contribution in [1.82, 2.24) is 14.9 Å². The Hall–Kier alpha value is -4.00. The van der Waals surface area contributed by atoms with Crippen LogP contribution in [0.1, 0.15) is 49.1 Å². The number of methoxy groups -OCH3 is 2. The Morgan fingerprint density at radius 3 is 2.48 bits per heavy atom. The summed E-state index contributed by atoms with van der Waals surface area (Å²) >= 11 is 0. The monoisotopic (exact) mass is 543 g/mol. The predicted molar refractivity (Wildman–Crippen MR) is 159 cm³/mol. The van der Waals surface area contributed by atoms with Gasteiger partial charge in [0.2, 0.25) is 5.91 Å². The number of aromatic nitrogens is 2. The van der Waals surface area contributed by atoms with Crippen molar-refractivity contribution in [3.8, 4) is 17.2 Å². The van der Waals surface area contributed by atoms with E-state index in [2.05, 4.69) is 47.1 Å². The number of amides is 1. The van der Waals surface area contributed by atoms with Gasteiger partial charge in [-0.1, -0.05) is 42.3 Å². The van der Waals surface area contributed by atoms with Crippen LogP contribution >= 0.6 is 0 Å². The highest BCUT2D eigenvalue weighted by Gasteiger charge is 2.11. The second-order valence-electron chi connectivity index (χ2n) is 10.1. The third kappa shape index (κ3) is 8.25. The first kappa shape index (κ1) is 29.0. The van der Waals surface area contributed by atoms with Crippen LogP contribution in [0.5, 0.6) is 17.2 Å². The second kappa shape index (κ2) is 15.0. The van der Waals surface area contributed by atoms with Crippen molar-refractivity contribution < 1.29 is 19.0 Å². The number of para-hydroxylation sites is 2. The van der Waals surface area contributed by atoms with Crippen LogP contribution < -0.4 is 19.5 Å². The van der Waals surface area contributed by atoms with Crippen LogP contribution in [0.2, 0.25) is 0 Å². The quantitative estimate of drug-likeness (QED) is 0.168. The number of hydrogen-bond acceptors (Lipinski definition) is 5. The standard InChI is InChI=1S/C33H41N3O4/c1-25-14-17-27(18-15-25)40-22-10-9-21-36-29-12-7-6-11-28(29)35-32(36)13-5-4-8-20-34-33(37)24-26-16-19-30(38-2)31(23-26)39-3/h6-7,11-12,14-19,23H,4-5,8-10,13,20-22,24H2,1-3H3,(H,34,37). The summed E-state index contributed by atoms with van der Waals surface area (Å²) < 4.78 is 18.9. The maximum absolute atomic E-state index is 12.4. The number of rotatable bonds is 16. The lowest BCUT2D eigenvalue weighted by molar-refractivity contribution is -0.120. The molecule has 7 heteroatoms. The lowest BCUT2D eigenvalue weighted by atomic mass is 10.1. The zero-order chi connectivity index (χ0) is 28.2. The van der Waals surface area contributed by atoms with E-state index in [4.69, 9.17) is 19.2 Å².